The van der Waals surface area contributed by atoms with E-state index >= 15 is 0 Å². The van der Waals surface area contributed by atoms with Crippen molar-refractivity contribution in [3.05, 3.63) is 30.4 Å². The van der Waals surface area contributed by atoms with E-state index in [4.69, 9.17) is 18.6 Å². The summed E-state index contributed by atoms with van der Waals surface area (Å²) in [5.41, 5.74) is 1.43. The quantitative estimate of drug-likeness (QED) is 0.761. The average molecular weight is 291 g/mol. The number of esters is 1. The smallest absolute Gasteiger partial charge is 0.315 e. The Kier molecular flexibility index (Phi) is 4.81. The molecule has 1 heterocycles. The number of benzene rings is 1. The SMILES string of the molecule is CCOC(=O)Cc1nc(-c2ccc(OC)c(OC)c2)co1. The van der Waals surface area contributed by atoms with Crippen molar-refractivity contribution < 1.29 is 23.4 Å². The molecule has 21 heavy (non-hydrogen) atoms. The summed E-state index contributed by atoms with van der Waals surface area (Å²) in [6, 6.07) is 5.42. The molecule has 0 spiro atoms. The Morgan fingerprint density at radius 2 is 2.00 bits per heavy atom. The molecule has 1 aromatic carbocycles. The molecular formula is C15H17NO5. The minimum absolute atomic E-state index is 0.0150. The van der Waals surface area contributed by atoms with Gasteiger partial charge in [-0.05, 0) is 25.1 Å². The lowest BCUT2D eigenvalue weighted by Gasteiger charge is -2.07. The highest BCUT2D eigenvalue weighted by Crippen LogP contribution is 2.31. The minimum atomic E-state index is -0.363. The second-order valence-corrected chi connectivity index (χ2v) is 4.18. The highest BCUT2D eigenvalue weighted by molar-refractivity contribution is 5.71. The predicted molar refractivity (Wildman–Crippen MR) is 75.4 cm³/mol. The zero-order valence-electron chi connectivity index (χ0n) is 12.2. The van der Waals surface area contributed by atoms with Gasteiger partial charge in [0, 0.05) is 5.56 Å². The average Bonchev–Trinajstić information content (AvgIpc) is 2.95. The second kappa shape index (κ2) is 6.78. The van der Waals surface area contributed by atoms with E-state index in [1.807, 2.05) is 6.07 Å². The number of aromatic nitrogens is 1. The molecule has 0 radical (unpaired) electrons. The predicted octanol–water partition coefficient (Wildman–Crippen LogP) is 2.46. The van der Waals surface area contributed by atoms with E-state index in [9.17, 15) is 4.79 Å². The molecule has 2 aromatic rings. The number of ether oxygens (including phenoxy) is 3. The second-order valence-electron chi connectivity index (χ2n) is 4.18. The molecule has 1 aromatic heterocycles. The Balaban J connectivity index is 2.19. The van der Waals surface area contributed by atoms with Crippen LogP contribution in [0.5, 0.6) is 11.5 Å². The number of hydrogen-bond donors (Lipinski definition) is 0. The molecule has 0 saturated carbocycles. The maximum Gasteiger partial charge on any atom is 0.315 e. The van der Waals surface area contributed by atoms with Gasteiger partial charge in [-0.1, -0.05) is 0 Å². The van der Waals surface area contributed by atoms with Crippen molar-refractivity contribution in [2.75, 3.05) is 20.8 Å². The van der Waals surface area contributed by atoms with E-state index in [1.165, 1.54) is 6.26 Å². The van der Waals surface area contributed by atoms with Crippen molar-refractivity contribution in [3.63, 3.8) is 0 Å². The Morgan fingerprint density at radius 3 is 2.67 bits per heavy atom. The first-order chi connectivity index (χ1) is 10.2. The number of methoxy groups -OCH3 is 2. The summed E-state index contributed by atoms with van der Waals surface area (Å²) in [6.07, 6.45) is 1.51. The fourth-order valence-electron chi connectivity index (χ4n) is 1.86. The highest BCUT2D eigenvalue weighted by Gasteiger charge is 2.13. The van der Waals surface area contributed by atoms with Crippen LogP contribution in [-0.4, -0.2) is 31.8 Å². The maximum atomic E-state index is 11.4. The number of oxazole rings is 1. The van der Waals surface area contributed by atoms with Crippen LogP contribution in [0, 0.1) is 0 Å². The van der Waals surface area contributed by atoms with E-state index in [1.54, 1.807) is 33.3 Å². The van der Waals surface area contributed by atoms with Crippen molar-refractivity contribution in [2.45, 2.75) is 13.3 Å². The van der Waals surface area contributed by atoms with Crippen LogP contribution >= 0.6 is 0 Å². The molecular weight excluding hydrogens is 274 g/mol. The maximum absolute atomic E-state index is 11.4. The van der Waals surface area contributed by atoms with Crippen LogP contribution in [0.2, 0.25) is 0 Å². The highest BCUT2D eigenvalue weighted by atomic mass is 16.5. The fraction of sp³-hybridized carbons (Fsp3) is 0.333. The number of rotatable bonds is 6. The van der Waals surface area contributed by atoms with Gasteiger partial charge in [0.05, 0.1) is 20.8 Å². The molecule has 0 aliphatic rings. The molecule has 0 saturated heterocycles. The van der Waals surface area contributed by atoms with Gasteiger partial charge in [0.25, 0.3) is 0 Å². The number of carbonyl (C=O) groups excluding carboxylic acids is 1. The van der Waals surface area contributed by atoms with Gasteiger partial charge in [0.2, 0.25) is 5.89 Å². The van der Waals surface area contributed by atoms with E-state index in [-0.39, 0.29) is 12.4 Å². The first-order valence-electron chi connectivity index (χ1n) is 6.50. The van der Waals surface area contributed by atoms with E-state index in [0.29, 0.717) is 29.7 Å². The van der Waals surface area contributed by atoms with Gasteiger partial charge in [-0.25, -0.2) is 4.98 Å². The van der Waals surface area contributed by atoms with Crippen molar-refractivity contribution in [1.82, 2.24) is 4.98 Å². The van der Waals surface area contributed by atoms with Crippen LogP contribution in [0.3, 0.4) is 0 Å². The van der Waals surface area contributed by atoms with Crippen LogP contribution in [0.1, 0.15) is 12.8 Å². The zero-order valence-corrected chi connectivity index (χ0v) is 12.2. The van der Waals surface area contributed by atoms with Crippen molar-refractivity contribution in [1.29, 1.82) is 0 Å². The van der Waals surface area contributed by atoms with Crippen molar-refractivity contribution >= 4 is 5.97 Å². The monoisotopic (exact) mass is 291 g/mol. The third kappa shape index (κ3) is 3.53. The van der Waals surface area contributed by atoms with Crippen LogP contribution in [0.4, 0.5) is 0 Å². The van der Waals surface area contributed by atoms with Gasteiger partial charge >= 0.3 is 5.97 Å². The zero-order chi connectivity index (χ0) is 15.2. The Labute approximate surface area is 122 Å². The van der Waals surface area contributed by atoms with Gasteiger partial charge in [0.1, 0.15) is 18.4 Å². The van der Waals surface area contributed by atoms with Gasteiger partial charge in [-0.15, -0.1) is 0 Å². The largest absolute Gasteiger partial charge is 0.493 e. The number of hydrogen-bond acceptors (Lipinski definition) is 6. The van der Waals surface area contributed by atoms with Crippen LogP contribution in [0.25, 0.3) is 11.3 Å². The third-order valence-corrected chi connectivity index (χ3v) is 2.83. The van der Waals surface area contributed by atoms with Gasteiger partial charge < -0.3 is 18.6 Å². The van der Waals surface area contributed by atoms with Crippen LogP contribution in [-0.2, 0) is 16.0 Å². The lowest BCUT2D eigenvalue weighted by atomic mass is 10.1. The molecule has 0 atom stereocenters. The van der Waals surface area contributed by atoms with Crippen molar-refractivity contribution in [2.24, 2.45) is 0 Å². The van der Waals surface area contributed by atoms with Crippen LogP contribution < -0.4 is 9.47 Å². The third-order valence-electron chi connectivity index (χ3n) is 2.83. The van der Waals surface area contributed by atoms with Crippen LogP contribution in [0.15, 0.2) is 28.9 Å². The summed E-state index contributed by atoms with van der Waals surface area (Å²) in [5.74, 6) is 1.19. The summed E-state index contributed by atoms with van der Waals surface area (Å²) in [7, 11) is 3.14. The molecule has 0 aliphatic heterocycles. The summed E-state index contributed by atoms with van der Waals surface area (Å²) < 4.78 is 20.6. The molecule has 112 valence electrons. The summed E-state index contributed by atoms with van der Waals surface area (Å²) in [5, 5.41) is 0. The Morgan fingerprint density at radius 1 is 1.24 bits per heavy atom. The van der Waals surface area contributed by atoms with E-state index in [0.717, 1.165) is 5.56 Å². The lowest BCUT2D eigenvalue weighted by Crippen LogP contribution is -2.07. The lowest BCUT2D eigenvalue weighted by molar-refractivity contribution is -0.142. The fourth-order valence-corrected chi connectivity index (χ4v) is 1.86. The first-order valence-corrected chi connectivity index (χ1v) is 6.50. The number of nitrogens with zero attached hydrogens (tertiary/aromatic N) is 1. The molecule has 0 unspecified atom stereocenters. The van der Waals surface area contributed by atoms with E-state index < -0.39 is 0 Å². The number of carbonyl (C=O) groups is 1. The summed E-state index contributed by atoms with van der Waals surface area (Å²) >= 11 is 0. The summed E-state index contributed by atoms with van der Waals surface area (Å²) in [6.45, 7) is 2.09. The van der Waals surface area contributed by atoms with Gasteiger partial charge in [-0.2, -0.15) is 0 Å². The topological polar surface area (TPSA) is 70.8 Å². The first kappa shape index (κ1) is 14.9. The normalized spacial score (nSPS) is 10.2. The molecule has 0 aliphatic carbocycles. The molecule has 0 bridgehead atoms. The molecule has 0 N–H and O–H groups in total. The molecule has 0 fully saturated rings. The summed E-state index contributed by atoms with van der Waals surface area (Å²) in [4.78, 5) is 15.7. The molecule has 2 rings (SSSR count). The molecule has 6 nitrogen and oxygen atoms in total. The Bertz CT molecular complexity index is 620. The van der Waals surface area contributed by atoms with Crippen molar-refractivity contribution in [3.8, 4) is 22.8 Å². The minimum Gasteiger partial charge on any atom is -0.493 e. The van der Waals surface area contributed by atoms with Gasteiger partial charge in [-0.3, -0.25) is 4.79 Å². The Hall–Kier alpha value is -2.50. The van der Waals surface area contributed by atoms with Gasteiger partial charge in [0.15, 0.2) is 11.5 Å². The molecule has 6 heteroatoms. The standard InChI is InChI=1S/C15H17NO5/c1-4-20-15(17)8-14-16-11(9-21-14)10-5-6-12(18-2)13(7-10)19-3/h5-7,9H,4,8H2,1-3H3. The molecule has 0 amide bonds. The van der Waals surface area contributed by atoms with E-state index in [2.05, 4.69) is 4.98 Å².